The van der Waals surface area contributed by atoms with E-state index in [1.165, 1.54) is 11.9 Å². The Hall–Kier alpha value is -0.780. The summed E-state index contributed by atoms with van der Waals surface area (Å²) in [7, 11) is 1.45. The summed E-state index contributed by atoms with van der Waals surface area (Å²) in [6, 6.07) is 0.0505. The van der Waals surface area contributed by atoms with E-state index >= 15 is 0 Å². The molecule has 1 rings (SSSR count). The summed E-state index contributed by atoms with van der Waals surface area (Å²) in [4.78, 5) is 13.6. The van der Waals surface area contributed by atoms with E-state index in [1.54, 1.807) is 0 Å². The van der Waals surface area contributed by atoms with Gasteiger partial charge in [-0.3, -0.25) is 4.79 Å². The lowest BCUT2D eigenvalue weighted by molar-refractivity contribution is -0.150. The first-order chi connectivity index (χ1) is 8.97. The lowest BCUT2D eigenvalue weighted by Gasteiger charge is -2.47. The molecule has 0 aromatic rings. The fraction of sp³-hybridized carbons (Fsp3) is 0.929. The van der Waals surface area contributed by atoms with Gasteiger partial charge in [0, 0.05) is 25.6 Å². The summed E-state index contributed by atoms with van der Waals surface area (Å²) in [5.41, 5.74) is 5.74. The Balaban J connectivity index is 2.71. The second kappa shape index (κ2) is 5.92. The van der Waals surface area contributed by atoms with Crippen LogP contribution in [-0.4, -0.2) is 36.6 Å². The summed E-state index contributed by atoms with van der Waals surface area (Å²) >= 11 is 0. The van der Waals surface area contributed by atoms with Crippen molar-refractivity contribution in [3.63, 3.8) is 0 Å². The minimum atomic E-state index is -4.23. The van der Waals surface area contributed by atoms with Crippen LogP contribution in [-0.2, 0) is 4.79 Å². The van der Waals surface area contributed by atoms with Crippen molar-refractivity contribution in [3.05, 3.63) is 0 Å². The highest BCUT2D eigenvalue weighted by molar-refractivity contribution is 5.79. The Morgan fingerprint density at radius 2 is 1.90 bits per heavy atom. The van der Waals surface area contributed by atoms with Crippen LogP contribution in [0.1, 0.15) is 40.0 Å². The third kappa shape index (κ3) is 3.87. The molecule has 1 amide bonds. The number of alkyl halides is 3. The number of amides is 1. The molecule has 1 aliphatic carbocycles. The Morgan fingerprint density at radius 1 is 1.35 bits per heavy atom. The molecule has 1 fully saturated rings. The van der Waals surface area contributed by atoms with Gasteiger partial charge in [-0.15, -0.1) is 0 Å². The molecule has 0 bridgehead atoms. The Labute approximate surface area is 118 Å². The molecule has 0 radical (unpaired) electrons. The topological polar surface area (TPSA) is 46.3 Å². The fourth-order valence-electron chi connectivity index (χ4n) is 2.96. The molecular formula is C14H25F3N2O. The number of rotatable bonds is 3. The number of nitrogens with two attached hydrogens (primary N) is 1. The van der Waals surface area contributed by atoms with Gasteiger partial charge in [0.15, 0.2) is 0 Å². The smallest absolute Gasteiger partial charge is 0.345 e. The summed E-state index contributed by atoms with van der Waals surface area (Å²) in [6.45, 7) is 5.70. The molecule has 0 saturated heterocycles. The van der Waals surface area contributed by atoms with Gasteiger partial charge in [-0.05, 0) is 24.2 Å². The van der Waals surface area contributed by atoms with Crippen molar-refractivity contribution in [1.29, 1.82) is 0 Å². The second-order valence-electron chi connectivity index (χ2n) is 6.53. The van der Waals surface area contributed by atoms with Crippen LogP contribution < -0.4 is 5.73 Å². The van der Waals surface area contributed by atoms with Gasteiger partial charge in [-0.25, -0.2) is 0 Å². The highest BCUT2D eigenvalue weighted by Gasteiger charge is 2.46. The minimum Gasteiger partial charge on any atom is -0.345 e. The zero-order valence-electron chi connectivity index (χ0n) is 12.6. The number of carbonyl (C=O) groups excluding carboxylic acids is 1. The van der Waals surface area contributed by atoms with Crippen LogP contribution in [0, 0.1) is 17.3 Å². The first-order valence-electron chi connectivity index (χ1n) is 7.04. The van der Waals surface area contributed by atoms with Gasteiger partial charge in [-0.1, -0.05) is 20.8 Å². The maximum Gasteiger partial charge on any atom is 0.390 e. The van der Waals surface area contributed by atoms with Crippen LogP contribution in [0.25, 0.3) is 0 Å². The summed E-state index contributed by atoms with van der Waals surface area (Å²) in [5.74, 6) is -0.283. The van der Waals surface area contributed by atoms with E-state index in [0.717, 1.165) is 6.42 Å². The van der Waals surface area contributed by atoms with Gasteiger partial charge in [0.25, 0.3) is 0 Å². The van der Waals surface area contributed by atoms with Gasteiger partial charge >= 0.3 is 6.18 Å². The normalized spacial score (nSPS) is 30.1. The molecule has 6 heteroatoms. The van der Waals surface area contributed by atoms with Crippen LogP contribution in [0.4, 0.5) is 13.2 Å². The third-order valence-electron chi connectivity index (χ3n) is 4.91. The second-order valence-corrected chi connectivity index (χ2v) is 6.53. The van der Waals surface area contributed by atoms with E-state index in [4.69, 9.17) is 5.73 Å². The molecule has 0 aromatic heterocycles. The quantitative estimate of drug-likeness (QED) is 0.870. The highest BCUT2D eigenvalue weighted by Crippen LogP contribution is 2.45. The Morgan fingerprint density at radius 3 is 2.40 bits per heavy atom. The molecular weight excluding hydrogens is 269 g/mol. The van der Waals surface area contributed by atoms with Crippen molar-refractivity contribution < 1.29 is 18.0 Å². The van der Waals surface area contributed by atoms with Crippen molar-refractivity contribution in [2.45, 2.75) is 52.3 Å². The molecule has 0 aromatic carbocycles. The van der Waals surface area contributed by atoms with Gasteiger partial charge in [0.1, 0.15) is 0 Å². The van der Waals surface area contributed by atoms with Crippen LogP contribution in [0.3, 0.4) is 0 Å². The van der Waals surface area contributed by atoms with E-state index in [-0.39, 0.29) is 35.7 Å². The lowest BCUT2D eigenvalue weighted by Crippen LogP contribution is -2.52. The van der Waals surface area contributed by atoms with E-state index in [2.05, 4.69) is 0 Å². The fourth-order valence-corrected chi connectivity index (χ4v) is 2.96. The predicted octanol–water partition coefficient (Wildman–Crippen LogP) is 2.80. The SMILES string of the molecule is CC1C(N)CCC(C(=O)N(C)CCC(F)(F)F)C1(C)C. The van der Waals surface area contributed by atoms with Crippen molar-refractivity contribution in [3.8, 4) is 0 Å². The van der Waals surface area contributed by atoms with Crippen molar-refractivity contribution in [2.24, 2.45) is 23.0 Å². The zero-order valence-corrected chi connectivity index (χ0v) is 12.6. The molecule has 3 nitrogen and oxygen atoms in total. The van der Waals surface area contributed by atoms with Gasteiger partial charge in [0.2, 0.25) is 5.91 Å². The molecule has 3 atom stereocenters. The van der Waals surface area contributed by atoms with Gasteiger partial charge in [-0.2, -0.15) is 13.2 Å². The van der Waals surface area contributed by atoms with Crippen LogP contribution in [0.15, 0.2) is 0 Å². The number of nitrogens with zero attached hydrogens (tertiary/aromatic N) is 1. The maximum absolute atomic E-state index is 12.4. The molecule has 0 spiro atoms. The first-order valence-corrected chi connectivity index (χ1v) is 7.04. The van der Waals surface area contributed by atoms with Crippen molar-refractivity contribution in [1.82, 2.24) is 4.90 Å². The molecule has 118 valence electrons. The van der Waals surface area contributed by atoms with Crippen LogP contribution in [0.2, 0.25) is 0 Å². The van der Waals surface area contributed by atoms with Gasteiger partial charge < -0.3 is 10.6 Å². The lowest BCUT2D eigenvalue weighted by atomic mass is 9.61. The van der Waals surface area contributed by atoms with E-state index < -0.39 is 12.6 Å². The maximum atomic E-state index is 12.4. The molecule has 2 N–H and O–H groups in total. The van der Waals surface area contributed by atoms with E-state index in [1.807, 2.05) is 20.8 Å². The Kier molecular flexibility index (Phi) is 5.11. The molecule has 1 saturated carbocycles. The molecule has 3 unspecified atom stereocenters. The highest BCUT2D eigenvalue weighted by atomic mass is 19.4. The zero-order chi connectivity index (χ0) is 15.7. The number of carbonyl (C=O) groups is 1. The number of hydrogen-bond acceptors (Lipinski definition) is 2. The Bertz CT molecular complexity index is 355. The van der Waals surface area contributed by atoms with E-state index in [9.17, 15) is 18.0 Å². The predicted molar refractivity (Wildman–Crippen MR) is 72.0 cm³/mol. The first kappa shape index (κ1) is 17.3. The summed E-state index contributed by atoms with van der Waals surface area (Å²) in [5, 5.41) is 0. The standard InChI is InChI=1S/C14H25F3N2O/c1-9-11(18)6-5-10(13(9,2)3)12(20)19(4)8-7-14(15,16)17/h9-11H,5-8,18H2,1-4H3. The molecule has 20 heavy (non-hydrogen) atoms. The molecule has 0 aliphatic heterocycles. The minimum absolute atomic E-state index is 0.0505. The van der Waals surface area contributed by atoms with Crippen LogP contribution >= 0.6 is 0 Å². The number of halogens is 3. The van der Waals surface area contributed by atoms with Gasteiger partial charge in [0.05, 0.1) is 6.42 Å². The third-order valence-corrected chi connectivity index (χ3v) is 4.91. The van der Waals surface area contributed by atoms with Crippen LogP contribution in [0.5, 0.6) is 0 Å². The molecule has 0 heterocycles. The molecule has 1 aliphatic rings. The summed E-state index contributed by atoms with van der Waals surface area (Å²) < 4.78 is 36.7. The van der Waals surface area contributed by atoms with E-state index in [0.29, 0.717) is 6.42 Å². The monoisotopic (exact) mass is 294 g/mol. The average molecular weight is 294 g/mol. The average Bonchev–Trinajstić information content (AvgIpc) is 2.31. The summed E-state index contributed by atoms with van der Waals surface area (Å²) in [6.07, 6.45) is -3.80. The van der Waals surface area contributed by atoms with Crippen molar-refractivity contribution in [2.75, 3.05) is 13.6 Å². The van der Waals surface area contributed by atoms with Crippen molar-refractivity contribution >= 4 is 5.91 Å². The largest absolute Gasteiger partial charge is 0.390 e. The number of hydrogen-bond donors (Lipinski definition) is 1.